The largest absolute Gasteiger partial charge is 0.358 e. The van der Waals surface area contributed by atoms with Crippen molar-refractivity contribution in [2.75, 3.05) is 19.6 Å². The lowest BCUT2D eigenvalue weighted by Crippen LogP contribution is -3.11. The molecule has 0 bridgehead atoms. The van der Waals surface area contributed by atoms with Crippen LogP contribution >= 0.6 is 0 Å². The summed E-state index contributed by atoms with van der Waals surface area (Å²) < 4.78 is 0. The number of hydrogen-bond donors (Lipinski definition) is 2. The van der Waals surface area contributed by atoms with Crippen LogP contribution in [0.3, 0.4) is 0 Å². The van der Waals surface area contributed by atoms with Crippen molar-refractivity contribution in [2.24, 2.45) is 5.92 Å². The highest BCUT2D eigenvalue weighted by atomic mass is 15.1. The summed E-state index contributed by atoms with van der Waals surface area (Å²) in [5, 5.41) is 0. The van der Waals surface area contributed by atoms with Crippen LogP contribution in [0.1, 0.15) is 24.8 Å². The predicted octanol–water partition coefficient (Wildman–Crippen LogP) is 0.114. The lowest BCUT2D eigenvalue weighted by molar-refractivity contribution is -0.919. The van der Waals surface area contributed by atoms with E-state index in [9.17, 15) is 0 Å². The highest BCUT2D eigenvalue weighted by Gasteiger charge is 2.21. The van der Waals surface area contributed by atoms with Gasteiger partial charge < -0.3 is 10.6 Å². The van der Waals surface area contributed by atoms with E-state index < -0.39 is 0 Å². The first-order chi connectivity index (χ1) is 7.88. The van der Waals surface area contributed by atoms with Gasteiger partial charge in [0.2, 0.25) is 0 Å². The molecule has 88 valence electrons. The second kappa shape index (κ2) is 6.02. The summed E-state index contributed by atoms with van der Waals surface area (Å²) >= 11 is 0. The molecule has 2 heteroatoms. The first-order valence-electron chi connectivity index (χ1n) is 6.55. The van der Waals surface area contributed by atoms with Crippen LogP contribution in [0.4, 0.5) is 0 Å². The van der Waals surface area contributed by atoms with Crippen LogP contribution in [0.2, 0.25) is 0 Å². The summed E-state index contributed by atoms with van der Waals surface area (Å²) in [4.78, 5) is 1.76. The van der Waals surface area contributed by atoms with Crippen LogP contribution in [0.15, 0.2) is 30.3 Å². The summed E-state index contributed by atoms with van der Waals surface area (Å²) in [6.45, 7) is 5.01. The Morgan fingerprint density at radius 2 is 1.81 bits per heavy atom. The molecule has 1 fully saturated rings. The van der Waals surface area contributed by atoms with E-state index in [1.54, 1.807) is 4.90 Å². The number of likely N-dealkylation sites (tertiary alicyclic amines) is 1. The fourth-order valence-electron chi connectivity index (χ4n) is 2.72. The van der Waals surface area contributed by atoms with Gasteiger partial charge in [-0.3, -0.25) is 0 Å². The zero-order valence-corrected chi connectivity index (χ0v) is 10.1. The van der Waals surface area contributed by atoms with E-state index in [-0.39, 0.29) is 0 Å². The van der Waals surface area contributed by atoms with E-state index in [0.29, 0.717) is 0 Å². The highest BCUT2D eigenvalue weighted by molar-refractivity contribution is 5.13. The van der Waals surface area contributed by atoms with Crippen LogP contribution in [-0.4, -0.2) is 19.6 Å². The Kier molecular flexibility index (Phi) is 4.37. The number of hydrogen-bond acceptors (Lipinski definition) is 0. The summed E-state index contributed by atoms with van der Waals surface area (Å²) in [6, 6.07) is 10.9. The number of benzene rings is 1. The second-order valence-corrected chi connectivity index (χ2v) is 5.00. The van der Waals surface area contributed by atoms with Crippen LogP contribution in [-0.2, 0) is 6.54 Å². The molecule has 0 radical (unpaired) electrons. The molecule has 0 aliphatic carbocycles. The smallest absolute Gasteiger partial charge is 0.103 e. The van der Waals surface area contributed by atoms with E-state index in [1.807, 2.05) is 0 Å². The number of rotatable bonds is 4. The standard InChI is InChI=1S/C14H22N2/c15-9-6-13-7-10-16(11-8-13)12-14-4-2-1-3-5-14/h1-5,13H,6-12,15H2/p+2. The minimum absolute atomic E-state index is 0.956. The Balaban J connectivity index is 1.77. The number of nitrogens with one attached hydrogen (secondary N) is 1. The van der Waals surface area contributed by atoms with Gasteiger partial charge in [0, 0.05) is 5.56 Å². The summed E-state index contributed by atoms with van der Waals surface area (Å²) in [6.07, 6.45) is 4.13. The molecule has 0 unspecified atom stereocenters. The number of piperidine rings is 1. The average molecular weight is 220 g/mol. The Labute approximate surface area is 98.4 Å². The third kappa shape index (κ3) is 3.32. The van der Waals surface area contributed by atoms with Crippen molar-refractivity contribution in [2.45, 2.75) is 25.8 Å². The average Bonchev–Trinajstić information content (AvgIpc) is 2.33. The monoisotopic (exact) mass is 220 g/mol. The predicted molar refractivity (Wildman–Crippen MR) is 65.9 cm³/mol. The molecule has 0 atom stereocenters. The van der Waals surface area contributed by atoms with Gasteiger partial charge in [0.05, 0.1) is 19.6 Å². The van der Waals surface area contributed by atoms with Crippen molar-refractivity contribution in [1.82, 2.24) is 0 Å². The molecule has 0 spiro atoms. The lowest BCUT2D eigenvalue weighted by atomic mass is 9.93. The molecule has 16 heavy (non-hydrogen) atoms. The Bertz CT molecular complexity index is 289. The van der Waals surface area contributed by atoms with E-state index >= 15 is 0 Å². The molecule has 0 saturated carbocycles. The Hall–Kier alpha value is -0.860. The zero-order valence-electron chi connectivity index (χ0n) is 10.1. The fraction of sp³-hybridized carbons (Fsp3) is 0.571. The van der Waals surface area contributed by atoms with Crippen molar-refractivity contribution in [3.63, 3.8) is 0 Å². The molecule has 1 saturated heterocycles. The van der Waals surface area contributed by atoms with Gasteiger partial charge in [0.15, 0.2) is 0 Å². The SMILES string of the molecule is [NH3+]CCC1CC[NH+](Cc2ccccc2)CC1. The minimum atomic E-state index is 0.956. The second-order valence-electron chi connectivity index (χ2n) is 5.00. The first kappa shape index (κ1) is 11.6. The molecule has 4 N–H and O–H groups in total. The summed E-state index contributed by atoms with van der Waals surface area (Å²) in [5.74, 6) is 0.956. The molecule has 0 aromatic heterocycles. The lowest BCUT2D eigenvalue weighted by Gasteiger charge is -2.28. The third-order valence-corrected chi connectivity index (χ3v) is 3.72. The van der Waals surface area contributed by atoms with Gasteiger partial charge in [-0.2, -0.15) is 0 Å². The Morgan fingerprint density at radius 3 is 2.44 bits per heavy atom. The van der Waals surface area contributed by atoms with Crippen LogP contribution in [0.5, 0.6) is 0 Å². The molecule has 1 aliphatic rings. The zero-order chi connectivity index (χ0) is 11.2. The van der Waals surface area contributed by atoms with Gasteiger partial charge in [-0.05, 0) is 25.2 Å². The van der Waals surface area contributed by atoms with Crippen molar-refractivity contribution >= 4 is 0 Å². The van der Waals surface area contributed by atoms with Gasteiger partial charge in [-0.25, -0.2) is 0 Å². The molecule has 2 rings (SSSR count). The fourth-order valence-corrected chi connectivity index (χ4v) is 2.72. The van der Waals surface area contributed by atoms with Crippen molar-refractivity contribution in [1.29, 1.82) is 0 Å². The van der Waals surface area contributed by atoms with E-state index in [1.165, 1.54) is 44.5 Å². The maximum atomic E-state index is 3.96. The van der Waals surface area contributed by atoms with Crippen LogP contribution in [0, 0.1) is 5.92 Å². The molecular formula is C14H24N2+2. The van der Waals surface area contributed by atoms with Crippen molar-refractivity contribution in [3.05, 3.63) is 35.9 Å². The summed E-state index contributed by atoms with van der Waals surface area (Å²) in [5.41, 5.74) is 5.44. The highest BCUT2D eigenvalue weighted by Crippen LogP contribution is 2.12. The van der Waals surface area contributed by atoms with Crippen molar-refractivity contribution in [3.8, 4) is 0 Å². The molecule has 1 heterocycles. The maximum Gasteiger partial charge on any atom is 0.103 e. The van der Waals surface area contributed by atoms with Gasteiger partial charge in [-0.1, -0.05) is 30.3 Å². The molecule has 1 aliphatic heterocycles. The van der Waals surface area contributed by atoms with Crippen molar-refractivity contribution < 1.29 is 10.6 Å². The molecular weight excluding hydrogens is 196 g/mol. The first-order valence-corrected chi connectivity index (χ1v) is 6.55. The molecule has 2 nitrogen and oxygen atoms in total. The van der Waals surface area contributed by atoms with Crippen LogP contribution in [0.25, 0.3) is 0 Å². The maximum absolute atomic E-state index is 3.96. The van der Waals surface area contributed by atoms with Gasteiger partial charge in [0.1, 0.15) is 6.54 Å². The van der Waals surface area contributed by atoms with E-state index in [2.05, 4.69) is 36.1 Å². The normalized spacial score (nSPS) is 25.6. The topological polar surface area (TPSA) is 32.1 Å². The van der Waals surface area contributed by atoms with Gasteiger partial charge in [-0.15, -0.1) is 0 Å². The quantitative estimate of drug-likeness (QED) is 0.722. The van der Waals surface area contributed by atoms with E-state index in [4.69, 9.17) is 0 Å². The Morgan fingerprint density at radius 1 is 1.12 bits per heavy atom. The molecule has 0 amide bonds. The third-order valence-electron chi connectivity index (χ3n) is 3.72. The van der Waals surface area contributed by atoms with E-state index in [0.717, 1.165) is 12.5 Å². The van der Waals surface area contributed by atoms with Gasteiger partial charge >= 0.3 is 0 Å². The minimum Gasteiger partial charge on any atom is -0.358 e. The molecule has 1 aromatic carbocycles. The molecule has 1 aromatic rings. The van der Waals surface area contributed by atoms with Crippen LogP contribution < -0.4 is 10.6 Å². The summed E-state index contributed by atoms with van der Waals surface area (Å²) in [7, 11) is 0. The van der Waals surface area contributed by atoms with Gasteiger partial charge in [0.25, 0.3) is 0 Å². The number of quaternary nitrogens is 2.